The van der Waals surface area contributed by atoms with Crippen LogP contribution in [0.25, 0.3) is 16.8 Å². The first-order valence-electron chi connectivity index (χ1n) is 6.99. The van der Waals surface area contributed by atoms with E-state index in [0.29, 0.717) is 5.02 Å². The molecule has 0 fully saturated rings. The Kier molecular flexibility index (Phi) is 4.00. The normalized spacial score (nSPS) is 10.5. The van der Waals surface area contributed by atoms with Crippen LogP contribution in [-0.4, -0.2) is 10.5 Å². The average molecular weight is 324 g/mol. The van der Waals surface area contributed by atoms with Gasteiger partial charge in [-0.1, -0.05) is 60.1 Å². The van der Waals surface area contributed by atoms with Gasteiger partial charge in [0.2, 0.25) is 0 Å². The van der Waals surface area contributed by atoms with E-state index in [0.717, 1.165) is 16.8 Å². The number of primary amides is 1. The van der Waals surface area contributed by atoms with Crippen LogP contribution >= 0.6 is 11.6 Å². The lowest BCUT2D eigenvalue weighted by Gasteiger charge is -2.14. The predicted octanol–water partition coefficient (Wildman–Crippen LogP) is 3.38. The molecule has 1 aromatic heterocycles. The highest BCUT2D eigenvalue weighted by molar-refractivity contribution is 6.30. The first-order chi connectivity index (χ1) is 11.1. The molecule has 0 unspecified atom stereocenters. The summed E-state index contributed by atoms with van der Waals surface area (Å²) in [4.78, 5) is 11.5. The van der Waals surface area contributed by atoms with E-state index in [2.05, 4.69) is 0 Å². The number of pyridine rings is 1. The van der Waals surface area contributed by atoms with E-state index in [1.807, 2.05) is 54.6 Å². The Labute approximate surface area is 138 Å². The molecule has 0 aliphatic carbocycles. The third-order valence-electron chi connectivity index (χ3n) is 3.54. The van der Waals surface area contributed by atoms with Crippen LogP contribution in [0.15, 0.2) is 66.9 Å². The number of aromatic nitrogens is 1. The SMILES string of the molecule is N=c1c(C(N)=O)cc(Cl)cn1-c1ccccc1-c1ccccc1. The van der Waals surface area contributed by atoms with E-state index in [1.165, 1.54) is 6.07 Å². The van der Waals surface area contributed by atoms with Gasteiger partial charge in [-0.2, -0.15) is 0 Å². The fourth-order valence-electron chi connectivity index (χ4n) is 2.48. The quantitative estimate of drug-likeness (QED) is 0.762. The molecule has 0 bridgehead atoms. The van der Waals surface area contributed by atoms with Gasteiger partial charge in [0.15, 0.2) is 0 Å². The van der Waals surface area contributed by atoms with Crippen molar-refractivity contribution >= 4 is 17.5 Å². The largest absolute Gasteiger partial charge is 0.365 e. The molecule has 0 aliphatic heterocycles. The van der Waals surface area contributed by atoms with E-state index in [9.17, 15) is 4.79 Å². The lowest BCUT2D eigenvalue weighted by atomic mass is 10.0. The van der Waals surface area contributed by atoms with Crippen molar-refractivity contribution in [2.45, 2.75) is 0 Å². The minimum atomic E-state index is -0.677. The molecule has 2 aromatic carbocycles. The molecular formula is C18H14ClN3O. The summed E-state index contributed by atoms with van der Waals surface area (Å²) in [6.45, 7) is 0. The average Bonchev–Trinajstić information content (AvgIpc) is 2.57. The molecule has 3 aromatic rings. The van der Waals surface area contributed by atoms with Crippen LogP contribution in [0, 0.1) is 5.41 Å². The van der Waals surface area contributed by atoms with Crippen LogP contribution in [0.2, 0.25) is 5.02 Å². The fraction of sp³-hybridized carbons (Fsp3) is 0. The molecule has 23 heavy (non-hydrogen) atoms. The standard InChI is InChI=1S/C18H14ClN3O/c19-13-10-15(18(21)23)17(20)22(11-13)16-9-5-4-8-14(16)12-6-2-1-3-7-12/h1-11,20H,(H2,21,23). The van der Waals surface area contributed by atoms with Crippen LogP contribution in [-0.2, 0) is 0 Å². The second kappa shape index (κ2) is 6.10. The Hall–Kier alpha value is -2.85. The van der Waals surface area contributed by atoms with Gasteiger partial charge < -0.3 is 5.73 Å². The lowest BCUT2D eigenvalue weighted by molar-refractivity contribution is 0.0998. The molecule has 0 saturated carbocycles. The molecule has 0 atom stereocenters. The Morgan fingerprint density at radius 1 is 1.04 bits per heavy atom. The summed E-state index contributed by atoms with van der Waals surface area (Å²) in [5.74, 6) is -0.677. The van der Waals surface area contributed by atoms with Crippen molar-refractivity contribution in [3.8, 4) is 16.8 Å². The number of hydrogen-bond acceptors (Lipinski definition) is 2. The number of carbonyl (C=O) groups excluding carboxylic acids is 1. The number of nitrogens with zero attached hydrogens (tertiary/aromatic N) is 1. The maximum absolute atomic E-state index is 11.5. The van der Waals surface area contributed by atoms with E-state index in [4.69, 9.17) is 22.7 Å². The monoisotopic (exact) mass is 323 g/mol. The molecule has 5 heteroatoms. The molecule has 3 N–H and O–H groups in total. The van der Waals surface area contributed by atoms with Crippen molar-refractivity contribution in [1.29, 1.82) is 5.41 Å². The zero-order valence-corrected chi connectivity index (χ0v) is 12.9. The molecule has 114 valence electrons. The van der Waals surface area contributed by atoms with Crippen molar-refractivity contribution < 1.29 is 4.79 Å². The molecule has 3 rings (SSSR count). The van der Waals surface area contributed by atoms with Gasteiger partial charge in [-0.15, -0.1) is 0 Å². The summed E-state index contributed by atoms with van der Waals surface area (Å²) in [6, 6.07) is 18.9. The van der Waals surface area contributed by atoms with Gasteiger partial charge in [0.1, 0.15) is 5.49 Å². The van der Waals surface area contributed by atoms with Crippen LogP contribution in [0.1, 0.15) is 10.4 Å². The van der Waals surface area contributed by atoms with Crippen LogP contribution < -0.4 is 11.2 Å². The summed E-state index contributed by atoms with van der Waals surface area (Å²) in [7, 11) is 0. The van der Waals surface area contributed by atoms with Gasteiger partial charge in [0, 0.05) is 11.8 Å². The second-order valence-corrected chi connectivity index (χ2v) is 5.47. The Morgan fingerprint density at radius 3 is 2.39 bits per heavy atom. The van der Waals surface area contributed by atoms with E-state index in [-0.39, 0.29) is 11.1 Å². The number of amides is 1. The summed E-state index contributed by atoms with van der Waals surface area (Å²) in [6.07, 6.45) is 1.61. The van der Waals surface area contributed by atoms with Crippen molar-refractivity contribution in [2.75, 3.05) is 0 Å². The maximum Gasteiger partial charge on any atom is 0.252 e. The third kappa shape index (κ3) is 2.89. The molecular weight excluding hydrogens is 310 g/mol. The van der Waals surface area contributed by atoms with Crippen LogP contribution in [0.4, 0.5) is 0 Å². The number of nitrogens with one attached hydrogen (secondary N) is 1. The maximum atomic E-state index is 11.5. The Balaban J connectivity index is 2.30. The van der Waals surface area contributed by atoms with Crippen LogP contribution in [0.5, 0.6) is 0 Å². The van der Waals surface area contributed by atoms with Crippen molar-refractivity contribution in [3.05, 3.63) is 82.9 Å². The number of rotatable bonds is 3. The molecule has 0 radical (unpaired) electrons. The molecule has 0 aliphatic rings. The zero-order chi connectivity index (χ0) is 16.4. The molecule has 1 amide bonds. The van der Waals surface area contributed by atoms with Gasteiger partial charge in [0.25, 0.3) is 5.91 Å². The molecule has 0 spiro atoms. The first kappa shape index (κ1) is 15.1. The second-order valence-electron chi connectivity index (χ2n) is 5.04. The van der Waals surface area contributed by atoms with Crippen molar-refractivity contribution in [1.82, 2.24) is 4.57 Å². The minimum Gasteiger partial charge on any atom is -0.365 e. The highest BCUT2D eigenvalue weighted by atomic mass is 35.5. The first-order valence-corrected chi connectivity index (χ1v) is 7.37. The summed E-state index contributed by atoms with van der Waals surface area (Å²) >= 11 is 6.10. The van der Waals surface area contributed by atoms with Crippen LogP contribution in [0.3, 0.4) is 0 Å². The number of halogens is 1. The number of nitrogens with two attached hydrogens (primary N) is 1. The van der Waals surface area contributed by atoms with Crippen molar-refractivity contribution in [2.24, 2.45) is 5.73 Å². The van der Waals surface area contributed by atoms with Gasteiger partial charge >= 0.3 is 0 Å². The van der Waals surface area contributed by atoms with Gasteiger partial charge in [-0.3, -0.25) is 14.8 Å². The van der Waals surface area contributed by atoms with E-state index in [1.54, 1.807) is 10.8 Å². The smallest absolute Gasteiger partial charge is 0.252 e. The topological polar surface area (TPSA) is 71.9 Å². The molecule has 4 nitrogen and oxygen atoms in total. The lowest BCUT2D eigenvalue weighted by Crippen LogP contribution is -2.28. The predicted molar refractivity (Wildman–Crippen MR) is 90.6 cm³/mol. The van der Waals surface area contributed by atoms with Crippen molar-refractivity contribution in [3.63, 3.8) is 0 Å². The number of carbonyl (C=O) groups is 1. The van der Waals surface area contributed by atoms with Gasteiger partial charge in [-0.05, 0) is 17.7 Å². The number of para-hydroxylation sites is 1. The van der Waals surface area contributed by atoms with Gasteiger partial charge in [0.05, 0.1) is 16.3 Å². The summed E-state index contributed by atoms with van der Waals surface area (Å²) in [5.41, 5.74) is 8.14. The zero-order valence-electron chi connectivity index (χ0n) is 12.2. The number of hydrogen-bond donors (Lipinski definition) is 2. The molecule has 1 heterocycles. The number of benzene rings is 2. The Bertz CT molecular complexity index is 932. The van der Waals surface area contributed by atoms with E-state index >= 15 is 0 Å². The highest BCUT2D eigenvalue weighted by Crippen LogP contribution is 2.26. The minimum absolute atomic E-state index is 0.00489. The van der Waals surface area contributed by atoms with E-state index < -0.39 is 5.91 Å². The molecule has 0 saturated heterocycles. The highest BCUT2D eigenvalue weighted by Gasteiger charge is 2.12. The summed E-state index contributed by atoms with van der Waals surface area (Å²) in [5, 5.41) is 8.62. The van der Waals surface area contributed by atoms with Gasteiger partial charge in [-0.25, -0.2) is 0 Å². The third-order valence-corrected chi connectivity index (χ3v) is 3.75. The summed E-state index contributed by atoms with van der Waals surface area (Å²) < 4.78 is 1.57. The fourth-order valence-corrected chi connectivity index (χ4v) is 2.69. The Morgan fingerprint density at radius 2 is 1.70 bits per heavy atom.